The molecule has 86 valence electrons. The first-order valence-electron chi connectivity index (χ1n) is 4.83. The highest BCUT2D eigenvalue weighted by Crippen LogP contribution is 2.20. The Balaban J connectivity index is 2.97. The van der Waals surface area contributed by atoms with Gasteiger partial charge >= 0.3 is 5.97 Å². The smallest absolute Gasteiger partial charge is 0.303 e. The number of Topliss-reactive ketones (excluding diaryl/α,β-unsaturated/α-hetero) is 1. The van der Waals surface area contributed by atoms with Gasteiger partial charge in [-0.05, 0) is 26.0 Å². The van der Waals surface area contributed by atoms with Crippen molar-refractivity contribution in [1.82, 2.24) is 0 Å². The summed E-state index contributed by atoms with van der Waals surface area (Å²) in [6.07, 6.45) is 0. The van der Waals surface area contributed by atoms with E-state index in [1.807, 2.05) is 0 Å². The van der Waals surface area contributed by atoms with E-state index < -0.39 is 11.6 Å². The Kier molecular flexibility index (Phi) is 3.70. The Morgan fingerprint density at radius 1 is 1.31 bits per heavy atom. The molecule has 0 saturated heterocycles. The second-order valence-electron chi connectivity index (χ2n) is 3.94. The molecule has 0 aliphatic rings. The number of benzene rings is 1. The molecule has 0 aliphatic carbocycles. The average molecular weight is 241 g/mol. The van der Waals surface area contributed by atoms with Crippen LogP contribution in [0.3, 0.4) is 0 Å². The third-order valence-electron chi connectivity index (χ3n) is 2.03. The van der Waals surface area contributed by atoms with Crippen molar-refractivity contribution in [3.8, 4) is 0 Å². The summed E-state index contributed by atoms with van der Waals surface area (Å²) in [6.45, 7) is 4.38. The largest absolute Gasteiger partial charge is 0.451 e. The summed E-state index contributed by atoms with van der Waals surface area (Å²) in [6, 6.07) is 6.55. The Bertz CT molecular complexity index is 424. The van der Waals surface area contributed by atoms with Gasteiger partial charge in [0.1, 0.15) is 0 Å². The molecule has 0 amide bonds. The zero-order chi connectivity index (χ0) is 12.3. The lowest BCUT2D eigenvalue weighted by molar-refractivity contribution is -0.149. The van der Waals surface area contributed by atoms with Gasteiger partial charge in [0, 0.05) is 17.5 Å². The van der Waals surface area contributed by atoms with Crippen molar-refractivity contribution < 1.29 is 14.3 Å². The first-order valence-corrected chi connectivity index (χ1v) is 5.20. The van der Waals surface area contributed by atoms with Crippen LogP contribution in [0.25, 0.3) is 0 Å². The number of ketones is 1. The van der Waals surface area contributed by atoms with Gasteiger partial charge < -0.3 is 4.74 Å². The van der Waals surface area contributed by atoms with Crippen LogP contribution in [0.15, 0.2) is 24.3 Å². The van der Waals surface area contributed by atoms with E-state index in [0.717, 1.165) is 0 Å². The highest BCUT2D eigenvalue weighted by atomic mass is 35.5. The van der Waals surface area contributed by atoms with Gasteiger partial charge in [0.15, 0.2) is 5.60 Å². The monoisotopic (exact) mass is 240 g/mol. The maximum absolute atomic E-state index is 12.0. The van der Waals surface area contributed by atoms with Crippen molar-refractivity contribution >= 4 is 23.4 Å². The maximum atomic E-state index is 12.0. The van der Waals surface area contributed by atoms with Crippen LogP contribution >= 0.6 is 11.6 Å². The average Bonchev–Trinajstić information content (AvgIpc) is 2.14. The van der Waals surface area contributed by atoms with E-state index in [9.17, 15) is 9.59 Å². The third kappa shape index (κ3) is 3.07. The molecule has 1 aromatic rings. The number of esters is 1. The topological polar surface area (TPSA) is 43.4 Å². The molecular formula is C12H13ClO3. The fourth-order valence-corrected chi connectivity index (χ4v) is 1.57. The highest BCUT2D eigenvalue weighted by Gasteiger charge is 2.31. The summed E-state index contributed by atoms with van der Waals surface area (Å²) >= 11 is 5.78. The molecule has 0 aromatic heterocycles. The molecule has 4 heteroatoms. The molecule has 0 unspecified atom stereocenters. The van der Waals surface area contributed by atoms with Gasteiger partial charge in [0.05, 0.1) is 0 Å². The molecular weight excluding hydrogens is 228 g/mol. The highest BCUT2D eigenvalue weighted by molar-refractivity contribution is 6.31. The molecule has 1 aromatic carbocycles. The van der Waals surface area contributed by atoms with Crippen LogP contribution in [0.5, 0.6) is 0 Å². The second-order valence-corrected chi connectivity index (χ2v) is 4.38. The van der Waals surface area contributed by atoms with Crippen molar-refractivity contribution in [1.29, 1.82) is 0 Å². The molecule has 0 saturated carbocycles. The lowest BCUT2D eigenvalue weighted by Gasteiger charge is -2.22. The van der Waals surface area contributed by atoms with Gasteiger partial charge in [-0.3, -0.25) is 9.59 Å². The molecule has 0 heterocycles. The van der Waals surface area contributed by atoms with E-state index in [1.54, 1.807) is 38.1 Å². The number of hydrogen-bond donors (Lipinski definition) is 0. The van der Waals surface area contributed by atoms with Crippen LogP contribution < -0.4 is 0 Å². The van der Waals surface area contributed by atoms with Crippen molar-refractivity contribution in [2.75, 3.05) is 0 Å². The zero-order valence-electron chi connectivity index (χ0n) is 9.41. The summed E-state index contributed by atoms with van der Waals surface area (Å²) in [5, 5.41) is 0.476. The van der Waals surface area contributed by atoms with Crippen molar-refractivity contribution in [3.05, 3.63) is 34.9 Å². The Morgan fingerprint density at radius 2 is 1.94 bits per heavy atom. The van der Waals surface area contributed by atoms with E-state index in [-0.39, 0.29) is 5.78 Å². The lowest BCUT2D eigenvalue weighted by atomic mass is 9.96. The van der Waals surface area contributed by atoms with E-state index in [2.05, 4.69) is 0 Å². The number of ether oxygens (including phenoxy) is 1. The van der Waals surface area contributed by atoms with Crippen LogP contribution in [-0.2, 0) is 9.53 Å². The predicted molar refractivity (Wildman–Crippen MR) is 61.6 cm³/mol. The summed E-state index contributed by atoms with van der Waals surface area (Å²) < 4.78 is 4.96. The van der Waals surface area contributed by atoms with Crippen LogP contribution in [0.4, 0.5) is 0 Å². The Morgan fingerprint density at radius 3 is 2.44 bits per heavy atom. The fourth-order valence-electron chi connectivity index (χ4n) is 1.38. The molecule has 1 rings (SSSR count). The van der Waals surface area contributed by atoms with Crippen LogP contribution in [0.2, 0.25) is 5.02 Å². The van der Waals surface area contributed by atoms with Crippen LogP contribution in [0, 0.1) is 0 Å². The SMILES string of the molecule is CC(=O)OC(C)(C)C(=O)c1cccc(Cl)c1. The predicted octanol–water partition coefficient (Wildman–Crippen LogP) is 2.86. The standard InChI is InChI=1S/C12H13ClO3/c1-8(14)16-12(2,3)11(15)9-5-4-6-10(13)7-9/h4-7H,1-3H3. The third-order valence-corrected chi connectivity index (χ3v) is 2.27. The molecule has 0 atom stereocenters. The number of rotatable bonds is 3. The lowest BCUT2D eigenvalue weighted by Crippen LogP contribution is -2.36. The van der Waals surface area contributed by atoms with Gasteiger partial charge in [0.2, 0.25) is 5.78 Å². The van der Waals surface area contributed by atoms with Gasteiger partial charge in [-0.25, -0.2) is 0 Å². The van der Waals surface area contributed by atoms with E-state index in [4.69, 9.17) is 16.3 Å². The number of carbonyl (C=O) groups is 2. The minimum absolute atomic E-state index is 0.273. The summed E-state index contributed by atoms with van der Waals surface area (Å²) in [7, 11) is 0. The Labute approximate surface area is 99.4 Å². The minimum atomic E-state index is -1.17. The minimum Gasteiger partial charge on any atom is -0.451 e. The second kappa shape index (κ2) is 4.66. The molecule has 0 spiro atoms. The zero-order valence-corrected chi connectivity index (χ0v) is 10.2. The van der Waals surface area contributed by atoms with Crippen molar-refractivity contribution in [2.24, 2.45) is 0 Å². The first kappa shape index (κ1) is 12.7. The number of halogens is 1. The van der Waals surface area contributed by atoms with E-state index >= 15 is 0 Å². The molecule has 0 radical (unpaired) electrons. The normalized spacial score (nSPS) is 11.0. The molecule has 3 nitrogen and oxygen atoms in total. The molecule has 0 N–H and O–H groups in total. The summed E-state index contributed by atoms with van der Waals surface area (Å²) in [4.78, 5) is 22.9. The van der Waals surface area contributed by atoms with E-state index in [1.165, 1.54) is 6.92 Å². The fraction of sp³-hybridized carbons (Fsp3) is 0.333. The summed E-state index contributed by atoms with van der Waals surface area (Å²) in [5.41, 5.74) is -0.741. The Hall–Kier alpha value is -1.35. The molecule has 16 heavy (non-hydrogen) atoms. The molecule has 0 bridgehead atoms. The van der Waals surface area contributed by atoms with Crippen molar-refractivity contribution in [2.45, 2.75) is 26.4 Å². The quantitative estimate of drug-likeness (QED) is 0.603. The maximum Gasteiger partial charge on any atom is 0.303 e. The van der Waals surface area contributed by atoms with Gasteiger partial charge in [-0.1, -0.05) is 23.7 Å². The first-order chi connectivity index (χ1) is 7.33. The van der Waals surface area contributed by atoms with Crippen molar-refractivity contribution in [3.63, 3.8) is 0 Å². The number of carbonyl (C=O) groups excluding carboxylic acids is 2. The van der Waals surface area contributed by atoms with Gasteiger partial charge in [0.25, 0.3) is 0 Å². The van der Waals surface area contributed by atoms with Crippen LogP contribution in [-0.4, -0.2) is 17.4 Å². The number of hydrogen-bond acceptors (Lipinski definition) is 3. The van der Waals surface area contributed by atoms with E-state index in [0.29, 0.717) is 10.6 Å². The molecule has 0 aliphatic heterocycles. The van der Waals surface area contributed by atoms with Gasteiger partial charge in [-0.2, -0.15) is 0 Å². The summed E-state index contributed by atoms with van der Waals surface area (Å²) in [5.74, 6) is -0.759. The molecule has 0 fully saturated rings. The van der Waals surface area contributed by atoms with Gasteiger partial charge in [-0.15, -0.1) is 0 Å². The van der Waals surface area contributed by atoms with Crippen LogP contribution in [0.1, 0.15) is 31.1 Å².